The third kappa shape index (κ3) is 7.21. The number of benzene rings is 2. The molecule has 1 N–H and O–H groups in total. The summed E-state index contributed by atoms with van der Waals surface area (Å²) in [6.07, 6.45) is 2.96. The summed E-state index contributed by atoms with van der Waals surface area (Å²) in [4.78, 5) is 17.8. The number of pyridine rings is 1. The molecule has 1 aromatic heterocycles. The van der Waals surface area contributed by atoms with E-state index in [9.17, 15) is 14.3 Å². The Labute approximate surface area is 226 Å². The molecule has 38 heavy (non-hydrogen) atoms. The fourth-order valence-corrected chi connectivity index (χ4v) is 5.32. The number of piperidine rings is 1. The SMILES string of the molecule is COc1ccc2nccc([C@H](F)CC[C@@H]3CCN(CC#Cc4ccc(Cl)c(F)c4)C[C@H]3CCC(=O)O)c2c1. The zero-order valence-electron chi connectivity index (χ0n) is 21.3. The molecule has 0 unspecified atom stereocenters. The fourth-order valence-electron chi connectivity index (χ4n) is 5.21. The van der Waals surface area contributed by atoms with Gasteiger partial charge in [-0.05, 0) is 92.1 Å². The van der Waals surface area contributed by atoms with Crippen LogP contribution >= 0.6 is 11.6 Å². The van der Waals surface area contributed by atoms with E-state index < -0.39 is 18.0 Å². The third-order valence-electron chi connectivity index (χ3n) is 7.27. The van der Waals surface area contributed by atoms with Crippen molar-refractivity contribution >= 4 is 28.5 Å². The van der Waals surface area contributed by atoms with Crippen LogP contribution < -0.4 is 4.74 Å². The molecule has 0 aliphatic carbocycles. The molecule has 0 spiro atoms. The molecule has 0 bridgehead atoms. The van der Waals surface area contributed by atoms with Gasteiger partial charge in [0.25, 0.3) is 0 Å². The van der Waals surface area contributed by atoms with Gasteiger partial charge in [-0.3, -0.25) is 14.7 Å². The minimum Gasteiger partial charge on any atom is -0.497 e. The van der Waals surface area contributed by atoms with Crippen LogP contribution in [0.15, 0.2) is 48.7 Å². The first-order chi connectivity index (χ1) is 18.3. The molecule has 200 valence electrons. The zero-order chi connectivity index (χ0) is 27.1. The van der Waals surface area contributed by atoms with Crippen LogP contribution in [0.3, 0.4) is 0 Å². The van der Waals surface area contributed by atoms with E-state index in [-0.39, 0.29) is 23.3 Å². The number of aliphatic carboxylic acids is 1. The van der Waals surface area contributed by atoms with Crippen LogP contribution in [0, 0.1) is 29.5 Å². The zero-order valence-corrected chi connectivity index (χ0v) is 22.1. The Morgan fingerprint density at radius 1 is 1.24 bits per heavy atom. The van der Waals surface area contributed by atoms with Gasteiger partial charge in [0.2, 0.25) is 0 Å². The molecule has 0 amide bonds. The summed E-state index contributed by atoms with van der Waals surface area (Å²) in [6.45, 7) is 2.00. The van der Waals surface area contributed by atoms with Gasteiger partial charge in [-0.15, -0.1) is 0 Å². The smallest absolute Gasteiger partial charge is 0.303 e. The Morgan fingerprint density at radius 3 is 2.84 bits per heavy atom. The van der Waals surface area contributed by atoms with Crippen molar-refractivity contribution in [3.8, 4) is 17.6 Å². The maximum absolute atomic E-state index is 15.5. The van der Waals surface area contributed by atoms with E-state index in [2.05, 4.69) is 21.7 Å². The summed E-state index contributed by atoms with van der Waals surface area (Å²) in [5.41, 5.74) is 1.88. The number of carbonyl (C=O) groups is 1. The van der Waals surface area contributed by atoms with Crippen LogP contribution in [0.1, 0.15) is 49.4 Å². The van der Waals surface area contributed by atoms with Gasteiger partial charge in [-0.2, -0.15) is 0 Å². The quantitative estimate of drug-likeness (QED) is 0.307. The molecule has 1 saturated heterocycles. The van der Waals surface area contributed by atoms with Gasteiger partial charge in [-0.25, -0.2) is 8.78 Å². The second kappa shape index (κ2) is 13.0. The van der Waals surface area contributed by atoms with E-state index in [0.29, 0.717) is 49.2 Å². The summed E-state index contributed by atoms with van der Waals surface area (Å²) in [5, 5.41) is 10.1. The number of carboxylic acids is 1. The number of halogens is 3. The van der Waals surface area contributed by atoms with E-state index in [0.717, 1.165) is 23.9 Å². The number of likely N-dealkylation sites (tertiary alicyclic amines) is 1. The number of hydrogen-bond donors (Lipinski definition) is 1. The molecule has 0 radical (unpaired) electrons. The van der Waals surface area contributed by atoms with Crippen molar-refractivity contribution in [2.45, 2.75) is 38.3 Å². The van der Waals surface area contributed by atoms with E-state index in [4.69, 9.17) is 16.3 Å². The van der Waals surface area contributed by atoms with Crippen molar-refractivity contribution in [2.24, 2.45) is 11.8 Å². The molecule has 1 aliphatic rings. The second-order valence-corrected chi connectivity index (χ2v) is 10.1. The minimum atomic E-state index is -1.16. The number of fused-ring (bicyclic) bond motifs is 1. The fraction of sp³-hybridized carbons (Fsp3) is 0.400. The molecule has 0 saturated carbocycles. The first-order valence-corrected chi connectivity index (χ1v) is 13.2. The van der Waals surface area contributed by atoms with Gasteiger partial charge >= 0.3 is 5.97 Å². The normalized spacial score (nSPS) is 18.5. The third-order valence-corrected chi connectivity index (χ3v) is 7.58. The monoisotopic (exact) mass is 540 g/mol. The van der Waals surface area contributed by atoms with Crippen molar-refractivity contribution in [3.05, 3.63) is 70.6 Å². The van der Waals surface area contributed by atoms with Crippen molar-refractivity contribution in [3.63, 3.8) is 0 Å². The number of carboxylic acid groups (broad SMARTS) is 1. The molecule has 4 rings (SSSR count). The number of alkyl halides is 1. The lowest BCUT2D eigenvalue weighted by Gasteiger charge is -2.38. The number of nitrogens with zero attached hydrogens (tertiary/aromatic N) is 2. The van der Waals surface area contributed by atoms with Crippen LogP contribution in [0.25, 0.3) is 10.9 Å². The highest BCUT2D eigenvalue weighted by Gasteiger charge is 2.30. The van der Waals surface area contributed by atoms with Gasteiger partial charge in [0.05, 0.1) is 24.2 Å². The number of ether oxygens (including phenoxy) is 1. The molecule has 3 aromatic rings. The first-order valence-electron chi connectivity index (χ1n) is 12.8. The largest absolute Gasteiger partial charge is 0.497 e. The molecule has 3 atom stereocenters. The summed E-state index contributed by atoms with van der Waals surface area (Å²) >= 11 is 5.73. The summed E-state index contributed by atoms with van der Waals surface area (Å²) in [5.74, 6) is 5.75. The molecule has 8 heteroatoms. The van der Waals surface area contributed by atoms with Gasteiger partial charge < -0.3 is 9.84 Å². The van der Waals surface area contributed by atoms with E-state index in [1.807, 2.05) is 18.2 Å². The van der Waals surface area contributed by atoms with Crippen LogP contribution in [0.4, 0.5) is 8.78 Å². The Balaban J connectivity index is 1.39. The maximum Gasteiger partial charge on any atom is 0.303 e. The van der Waals surface area contributed by atoms with Crippen molar-refractivity contribution in [1.29, 1.82) is 0 Å². The average Bonchev–Trinajstić information content (AvgIpc) is 2.92. The molecule has 1 aliphatic heterocycles. The number of methoxy groups -OCH3 is 1. The van der Waals surface area contributed by atoms with Crippen LogP contribution in [-0.2, 0) is 4.79 Å². The summed E-state index contributed by atoms with van der Waals surface area (Å²) in [7, 11) is 1.58. The Hall–Kier alpha value is -3.21. The molecule has 5 nitrogen and oxygen atoms in total. The van der Waals surface area contributed by atoms with Crippen LogP contribution in [0.2, 0.25) is 5.02 Å². The van der Waals surface area contributed by atoms with E-state index in [1.165, 1.54) is 12.1 Å². The van der Waals surface area contributed by atoms with E-state index >= 15 is 4.39 Å². The number of hydrogen-bond acceptors (Lipinski definition) is 4. The standard InChI is InChI=1S/C30H31ClF2N2O3/c1-38-23-7-10-29-25(18-23)24(12-14-34-29)27(32)9-5-21-13-16-35(19-22(21)6-11-30(36)37)15-2-3-20-4-8-26(31)28(33)17-20/h4,7-8,10,12,14,17-18,21-22,27H,5-6,9,11,13,15-16,19H2,1H3,(H,36,37)/t21-,22-,27-/m1/s1. The molecular formula is C30H31ClF2N2O3. The lowest BCUT2D eigenvalue weighted by molar-refractivity contribution is -0.137. The van der Waals surface area contributed by atoms with Gasteiger partial charge in [0, 0.05) is 30.1 Å². The van der Waals surface area contributed by atoms with E-state index in [1.54, 1.807) is 25.4 Å². The van der Waals surface area contributed by atoms with Crippen molar-refractivity contribution < 1.29 is 23.4 Å². The molecule has 2 heterocycles. The average molecular weight is 541 g/mol. The van der Waals surface area contributed by atoms with Gasteiger partial charge in [-0.1, -0.05) is 23.4 Å². The minimum absolute atomic E-state index is 0.0613. The first kappa shape index (κ1) is 27.8. The van der Waals surface area contributed by atoms with Gasteiger partial charge in [0.1, 0.15) is 17.7 Å². The number of rotatable bonds is 9. The summed E-state index contributed by atoms with van der Waals surface area (Å²) < 4.78 is 34.5. The van der Waals surface area contributed by atoms with Crippen molar-refractivity contribution in [2.75, 3.05) is 26.7 Å². The molecule has 1 fully saturated rings. The van der Waals surface area contributed by atoms with Gasteiger partial charge in [0.15, 0.2) is 0 Å². The molecular weight excluding hydrogens is 510 g/mol. The highest BCUT2D eigenvalue weighted by atomic mass is 35.5. The Bertz CT molecular complexity index is 1340. The lowest BCUT2D eigenvalue weighted by Crippen LogP contribution is -2.41. The predicted molar refractivity (Wildman–Crippen MR) is 145 cm³/mol. The maximum atomic E-state index is 15.5. The molecule has 2 aromatic carbocycles. The predicted octanol–water partition coefficient (Wildman–Crippen LogP) is 6.68. The second-order valence-electron chi connectivity index (χ2n) is 9.74. The number of aromatic nitrogens is 1. The summed E-state index contributed by atoms with van der Waals surface area (Å²) in [6, 6.07) is 11.7. The Kier molecular flexibility index (Phi) is 9.54. The lowest BCUT2D eigenvalue weighted by atomic mass is 9.79. The van der Waals surface area contributed by atoms with Crippen molar-refractivity contribution in [1.82, 2.24) is 9.88 Å². The highest BCUT2D eigenvalue weighted by Crippen LogP contribution is 2.36. The van der Waals surface area contributed by atoms with Crippen LogP contribution in [-0.4, -0.2) is 47.7 Å². The topological polar surface area (TPSA) is 62.7 Å². The Morgan fingerprint density at radius 2 is 2.08 bits per heavy atom. The van der Waals surface area contributed by atoms with Crippen LogP contribution in [0.5, 0.6) is 5.75 Å². The highest BCUT2D eigenvalue weighted by molar-refractivity contribution is 6.30.